The second kappa shape index (κ2) is 6.27. The van der Waals surface area contributed by atoms with Crippen LogP contribution in [0.15, 0.2) is 41.8 Å². The quantitative estimate of drug-likeness (QED) is 0.640. The van der Waals surface area contributed by atoms with Gasteiger partial charge in [-0.1, -0.05) is 18.2 Å². The summed E-state index contributed by atoms with van der Waals surface area (Å²) >= 11 is 1.68. The van der Waals surface area contributed by atoms with Gasteiger partial charge in [-0.15, -0.1) is 11.3 Å². The molecule has 1 aromatic carbocycles. The number of thiophene rings is 1. The Morgan fingerprint density at radius 3 is 2.73 bits per heavy atom. The van der Waals surface area contributed by atoms with Crippen molar-refractivity contribution in [3.63, 3.8) is 0 Å². The molecule has 5 nitrogen and oxygen atoms in total. The van der Waals surface area contributed by atoms with Gasteiger partial charge in [0.25, 0.3) is 5.69 Å². The van der Waals surface area contributed by atoms with Crippen LogP contribution in [0.5, 0.6) is 0 Å². The molecule has 2 heterocycles. The van der Waals surface area contributed by atoms with Crippen molar-refractivity contribution in [1.29, 1.82) is 0 Å². The van der Waals surface area contributed by atoms with E-state index in [9.17, 15) is 14.9 Å². The molecule has 1 saturated heterocycles. The van der Waals surface area contributed by atoms with E-state index in [0.29, 0.717) is 6.42 Å². The third-order valence-corrected chi connectivity index (χ3v) is 4.92. The smallest absolute Gasteiger partial charge is 0.269 e. The molecule has 1 fully saturated rings. The number of hydrogen-bond acceptors (Lipinski definition) is 4. The van der Waals surface area contributed by atoms with Crippen molar-refractivity contribution in [3.05, 3.63) is 62.3 Å². The Morgan fingerprint density at radius 2 is 2.09 bits per heavy atom. The Kier molecular flexibility index (Phi) is 4.20. The maximum Gasteiger partial charge on any atom is 0.269 e. The molecule has 0 aliphatic carbocycles. The van der Waals surface area contributed by atoms with Crippen molar-refractivity contribution in [1.82, 2.24) is 4.90 Å². The predicted octanol–water partition coefficient (Wildman–Crippen LogP) is 3.56. The summed E-state index contributed by atoms with van der Waals surface area (Å²) in [7, 11) is 0. The van der Waals surface area contributed by atoms with E-state index in [1.807, 2.05) is 16.3 Å². The molecule has 6 heteroatoms. The minimum absolute atomic E-state index is 0.0498. The van der Waals surface area contributed by atoms with Gasteiger partial charge in [-0.05, 0) is 29.9 Å². The van der Waals surface area contributed by atoms with Crippen LogP contribution in [0.4, 0.5) is 5.69 Å². The molecule has 0 radical (unpaired) electrons. The Bertz CT molecular complexity index is 667. The fourth-order valence-electron chi connectivity index (χ4n) is 2.85. The first-order chi connectivity index (χ1) is 10.6. The van der Waals surface area contributed by atoms with Gasteiger partial charge in [0, 0.05) is 23.6 Å². The second-order valence-corrected chi connectivity index (χ2v) is 6.34. The van der Waals surface area contributed by atoms with Crippen LogP contribution in [0, 0.1) is 10.1 Å². The summed E-state index contributed by atoms with van der Waals surface area (Å²) in [5, 5.41) is 12.7. The molecule has 3 rings (SSSR count). The lowest BCUT2D eigenvalue weighted by molar-refractivity contribution is -0.384. The topological polar surface area (TPSA) is 63.4 Å². The molecule has 1 aromatic heterocycles. The number of carbonyl (C=O) groups is 1. The first-order valence-electron chi connectivity index (χ1n) is 7.21. The lowest BCUT2D eigenvalue weighted by Gasteiger charge is -2.24. The van der Waals surface area contributed by atoms with Crippen LogP contribution in [0.3, 0.4) is 0 Å². The second-order valence-electron chi connectivity index (χ2n) is 5.36. The molecule has 2 aromatic rings. The number of non-ortho nitro benzene ring substituents is 1. The van der Waals surface area contributed by atoms with Crippen LogP contribution in [0.25, 0.3) is 0 Å². The molecule has 0 spiro atoms. The van der Waals surface area contributed by atoms with Gasteiger partial charge in [0.05, 0.1) is 17.4 Å². The van der Waals surface area contributed by atoms with Crippen molar-refractivity contribution >= 4 is 22.9 Å². The number of amides is 1. The van der Waals surface area contributed by atoms with Crippen molar-refractivity contribution < 1.29 is 9.72 Å². The highest BCUT2D eigenvalue weighted by atomic mass is 32.1. The van der Waals surface area contributed by atoms with Gasteiger partial charge in [-0.25, -0.2) is 0 Å². The molecule has 1 amide bonds. The van der Waals surface area contributed by atoms with Crippen LogP contribution < -0.4 is 0 Å². The zero-order valence-electron chi connectivity index (χ0n) is 12.0. The molecule has 0 bridgehead atoms. The van der Waals surface area contributed by atoms with E-state index in [4.69, 9.17) is 0 Å². The van der Waals surface area contributed by atoms with Crippen molar-refractivity contribution in [2.75, 3.05) is 6.54 Å². The molecular weight excluding hydrogens is 300 g/mol. The van der Waals surface area contributed by atoms with E-state index in [1.54, 1.807) is 23.5 Å². The summed E-state index contributed by atoms with van der Waals surface area (Å²) < 4.78 is 0. The van der Waals surface area contributed by atoms with E-state index < -0.39 is 4.92 Å². The van der Waals surface area contributed by atoms with E-state index in [-0.39, 0.29) is 17.6 Å². The first kappa shape index (κ1) is 14.7. The summed E-state index contributed by atoms with van der Waals surface area (Å²) in [5.74, 6) is 0.0877. The average Bonchev–Trinajstić information content (AvgIpc) is 3.18. The summed E-state index contributed by atoms with van der Waals surface area (Å²) in [6, 6.07) is 10.5. The monoisotopic (exact) mass is 316 g/mol. The maximum absolute atomic E-state index is 12.5. The molecule has 1 atom stereocenters. The van der Waals surface area contributed by atoms with Crippen LogP contribution >= 0.6 is 11.3 Å². The fraction of sp³-hybridized carbons (Fsp3) is 0.312. The Morgan fingerprint density at radius 1 is 1.32 bits per heavy atom. The number of benzene rings is 1. The maximum atomic E-state index is 12.5. The molecule has 0 N–H and O–H groups in total. The molecular formula is C16H16N2O3S. The largest absolute Gasteiger partial charge is 0.335 e. The van der Waals surface area contributed by atoms with Crippen molar-refractivity contribution in [2.24, 2.45) is 0 Å². The highest BCUT2D eigenvalue weighted by molar-refractivity contribution is 7.10. The van der Waals surface area contributed by atoms with Gasteiger partial charge in [0.1, 0.15) is 0 Å². The van der Waals surface area contributed by atoms with E-state index in [0.717, 1.165) is 24.9 Å². The van der Waals surface area contributed by atoms with E-state index >= 15 is 0 Å². The zero-order chi connectivity index (χ0) is 15.5. The highest BCUT2D eigenvalue weighted by Crippen LogP contribution is 2.34. The normalized spacial score (nSPS) is 17.6. The summed E-state index contributed by atoms with van der Waals surface area (Å²) in [6.45, 7) is 0.786. The number of nitro benzene ring substituents is 1. The van der Waals surface area contributed by atoms with E-state index in [2.05, 4.69) is 6.07 Å². The molecule has 1 aliphatic rings. The Balaban J connectivity index is 1.69. The Hall–Kier alpha value is -2.21. The lowest BCUT2D eigenvalue weighted by atomic mass is 10.1. The van der Waals surface area contributed by atoms with Crippen LogP contribution in [0.2, 0.25) is 0 Å². The number of nitro groups is 1. The van der Waals surface area contributed by atoms with Gasteiger partial charge < -0.3 is 4.90 Å². The third-order valence-electron chi connectivity index (χ3n) is 3.95. The lowest BCUT2D eigenvalue weighted by Crippen LogP contribution is -2.31. The third kappa shape index (κ3) is 3.01. The SMILES string of the molecule is O=C(Cc1ccc([N+](=O)[O-])cc1)N1CCCC1c1cccs1. The van der Waals surface area contributed by atoms with Gasteiger partial charge in [-0.2, -0.15) is 0 Å². The zero-order valence-corrected chi connectivity index (χ0v) is 12.8. The van der Waals surface area contributed by atoms with Crippen molar-refractivity contribution in [3.8, 4) is 0 Å². The predicted molar refractivity (Wildman–Crippen MR) is 84.8 cm³/mol. The number of likely N-dealkylation sites (tertiary alicyclic amines) is 1. The minimum Gasteiger partial charge on any atom is -0.335 e. The first-order valence-corrected chi connectivity index (χ1v) is 8.09. The molecule has 1 aliphatic heterocycles. The number of carbonyl (C=O) groups excluding carboxylic acids is 1. The van der Waals surface area contributed by atoms with Crippen molar-refractivity contribution in [2.45, 2.75) is 25.3 Å². The van der Waals surface area contributed by atoms with E-state index in [1.165, 1.54) is 17.0 Å². The van der Waals surface area contributed by atoms with Crippen LogP contribution in [-0.2, 0) is 11.2 Å². The standard InChI is InChI=1S/C16H16N2O3S/c19-16(11-12-5-7-13(8-6-12)18(20)21)17-9-1-3-14(17)15-4-2-10-22-15/h2,4-8,10,14H,1,3,9,11H2. The number of nitrogens with zero attached hydrogens (tertiary/aromatic N) is 2. The fourth-order valence-corrected chi connectivity index (χ4v) is 3.73. The molecule has 114 valence electrons. The van der Waals surface area contributed by atoms with Gasteiger partial charge >= 0.3 is 0 Å². The Labute approximate surface area is 132 Å². The highest BCUT2D eigenvalue weighted by Gasteiger charge is 2.30. The number of rotatable bonds is 4. The van der Waals surface area contributed by atoms with Crippen LogP contribution in [0.1, 0.15) is 29.3 Å². The summed E-state index contributed by atoms with van der Waals surface area (Å²) in [6.07, 6.45) is 2.32. The average molecular weight is 316 g/mol. The minimum atomic E-state index is -0.432. The van der Waals surface area contributed by atoms with Gasteiger partial charge in [0.2, 0.25) is 5.91 Å². The molecule has 1 unspecified atom stereocenters. The van der Waals surface area contributed by atoms with Crippen LogP contribution in [-0.4, -0.2) is 22.3 Å². The summed E-state index contributed by atoms with van der Waals surface area (Å²) in [4.78, 5) is 25.9. The summed E-state index contributed by atoms with van der Waals surface area (Å²) in [5.41, 5.74) is 0.862. The molecule has 0 saturated carbocycles. The van der Waals surface area contributed by atoms with Gasteiger partial charge in [-0.3, -0.25) is 14.9 Å². The van der Waals surface area contributed by atoms with Gasteiger partial charge in [0.15, 0.2) is 0 Å². The number of hydrogen-bond donors (Lipinski definition) is 0. The molecule has 22 heavy (non-hydrogen) atoms.